The van der Waals surface area contributed by atoms with Crippen LogP contribution in [0.25, 0.3) is 0 Å². The molecule has 3 aromatic rings. The monoisotopic (exact) mass is 434 g/mol. The maximum Gasteiger partial charge on any atom is 0.228 e. The number of hydrogen-bond acceptors (Lipinski definition) is 5. The number of anilines is 2. The molecule has 160 valence electrons. The number of benzene rings is 3. The summed E-state index contributed by atoms with van der Waals surface area (Å²) in [4.78, 5) is 12.5. The normalized spacial score (nSPS) is 10.4. The van der Waals surface area contributed by atoms with Gasteiger partial charge in [-0.1, -0.05) is 54.4 Å². The van der Waals surface area contributed by atoms with Gasteiger partial charge in [0.05, 0.1) is 6.42 Å². The first-order valence-corrected chi connectivity index (χ1v) is 11.0. The second-order valence-electron chi connectivity index (χ2n) is 6.97. The molecular formula is C24H26N4O2S. The van der Waals surface area contributed by atoms with E-state index in [1.165, 1.54) is 11.9 Å². The molecule has 0 aliphatic carbocycles. The van der Waals surface area contributed by atoms with E-state index in [2.05, 4.69) is 5.32 Å². The maximum atomic E-state index is 12.5. The Morgan fingerprint density at radius 1 is 1.06 bits per heavy atom. The van der Waals surface area contributed by atoms with Gasteiger partial charge in [-0.15, -0.1) is 0 Å². The lowest BCUT2D eigenvalue weighted by atomic mass is 10.1. The number of amides is 1. The Labute approximate surface area is 187 Å². The number of nitrogens with zero attached hydrogens (tertiary/aromatic N) is 1. The predicted molar refractivity (Wildman–Crippen MR) is 129 cm³/mol. The zero-order valence-corrected chi connectivity index (χ0v) is 18.4. The van der Waals surface area contributed by atoms with E-state index >= 15 is 0 Å². The number of carbonyl (C=O) groups is 1. The molecular weight excluding hydrogens is 408 g/mol. The van der Waals surface area contributed by atoms with Crippen molar-refractivity contribution in [3.63, 3.8) is 0 Å². The first-order valence-electron chi connectivity index (χ1n) is 9.78. The number of amidine groups is 1. The van der Waals surface area contributed by atoms with Crippen LogP contribution in [-0.2, 0) is 17.8 Å². The second-order valence-corrected chi connectivity index (χ2v) is 7.89. The third-order valence-corrected chi connectivity index (χ3v) is 5.45. The van der Waals surface area contributed by atoms with Crippen LogP contribution in [0.15, 0.2) is 72.8 Å². The van der Waals surface area contributed by atoms with Gasteiger partial charge in [0.25, 0.3) is 0 Å². The molecule has 0 heterocycles. The fraction of sp³-hybridized carbons (Fsp3) is 0.167. The van der Waals surface area contributed by atoms with Crippen molar-refractivity contribution in [3.8, 4) is 5.75 Å². The summed E-state index contributed by atoms with van der Waals surface area (Å²) in [5.74, 6) is 0.901. The molecule has 0 bridgehead atoms. The molecule has 3 rings (SSSR count). The molecule has 7 heteroatoms. The minimum Gasteiger partial charge on any atom is -0.489 e. The minimum atomic E-state index is -0.140. The van der Waals surface area contributed by atoms with Crippen molar-refractivity contribution in [2.24, 2.45) is 0 Å². The van der Waals surface area contributed by atoms with Crippen LogP contribution in [0.4, 0.5) is 11.4 Å². The summed E-state index contributed by atoms with van der Waals surface area (Å²) in [7, 11) is 1.80. The van der Waals surface area contributed by atoms with Crippen molar-refractivity contribution in [1.82, 2.24) is 4.31 Å². The quantitative estimate of drug-likeness (QED) is 0.209. The third kappa shape index (κ3) is 6.26. The summed E-state index contributed by atoms with van der Waals surface area (Å²) < 4.78 is 7.49. The van der Waals surface area contributed by atoms with Gasteiger partial charge in [0.2, 0.25) is 5.91 Å². The van der Waals surface area contributed by atoms with Crippen LogP contribution in [0.5, 0.6) is 5.75 Å². The van der Waals surface area contributed by atoms with E-state index in [1.54, 1.807) is 29.6 Å². The molecule has 0 saturated carbocycles. The molecule has 0 spiro atoms. The van der Waals surface area contributed by atoms with Crippen LogP contribution in [0.2, 0.25) is 0 Å². The van der Waals surface area contributed by atoms with E-state index in [-0.39, 0.29) is 18.2 Å². The standard InChI is InChI=1S/C24H26N4O2S/c1-28(31-2)24(26)21-15-19(10-13-22(21)25)27-23(29)14-17-8-11-20(12-9-17)30-16-18-6-4-3-5-7-18/h3-13,15,26H,14,16,25H2,1-2H3,(H,27,29). The average Bonchev–Trinajstić information content (AvgIpc) is 2.79. The fourth-order valence-corrected chi connectivity index (χ4v) is 3.22. The van der Waals surface area contributed by atoms with Crippen LogP contribution >= 0.6 is 11.9 Å². The van der Waals surface area contributed by atoms with Crippen molar-refractivity contribution in [2.75, 3.05) is 24.4 Å². The van der Waals surface area contributed by atoms with Crippen LogP contribution in [0.1, 0.15) is 16.7 Å². The molecule has 6 nitrogen and oxygen atoms in total. The molecule has 0 radical (unpaired) electrons. The first-order chi connectivity index (χ1) is 15.0. The third-order valence-electron chi connectivity index (χ3n) is 4.72. The highest BCUT2D eigenvalue weighted by molar-refractivity contribution is 7.96. The Morgan fingerprint density at radius 2 is 1.77 bits per heavy atom. The molecule has 0 aromatic heterocycles. The highest BCUT2D eigenvalue weighted by atomic mass is 32.2. The summed E-state index contributed by atoms with van der Waals surface area (Å²) in [5.41, 5.74) is 9.68. The number of rotatable bonds is 8. The fourth-order valence-electron chi connectivity index (χ4n) is 2.94. The first kappa shape index (κ1) is 22.2. The van der Waals surface area contributed by atoms with Gasteiger partial charge >= 0.3 is 0 Å². The van der Waals surface area contributed by atoms with Crippen LogP contribution in [0, 0.1) is 5.41 Å². The number of ether oxygens (including phenoxy) is 1. The van der Waals surface area contributed by atoms with Gasteiger partial charge in [0, 0.05) is 30.2 Å². The lowest BCUT2D eigenvalue weighted by Gasteiger charge is -2.18. The topological polar surface area (TPSA) is 91.4 Å². The van der Waals surface area contributed by atoms with E-state index < -0.39 is 0 Å². The Bertz CT molecular complexity index is 1040. The molecule has 0 aliphatic rings. The highest BCUT2D eigenvalue weighted by Gasteiger charge is 2.12. The number of nitrogen functional groups attached to an aromatic ring is 1. The Balaban J connectivity index is 1.57. The van der Waals surface area contributed by atoms with E-state index in [1.807, 2.05) is 60.9 Å². The van der Waals surface area contributed by atoms with E-state index in [0.29, 0.717) is 23.5 Å². The molecule has 0 unspecified atom stereocenters. The predicted octanol–water partition coefficient (Wildman–Crippen LogP) is 4.56. The molecule has 0 saturated heterocycles. The van der Waals surface area contributed by atoms with Crippen molar-refractivity contribution in [3.05, 3.63) is 89.5 Å². The minimum absolute atomic E-state index is 0.140. The number of hydrogen-bond donors (Lipinski definition) is 3. The van der Waals surface area contributed by atoms with E-state index in [4.69, 9.17) is 15.9 Å². The smallest absolute Gasteiger partial charge is 0.228 e. The van der Waals surface area contributed by atoms with Crippen LogP contribution in [0.3, 0.4) is 0 Å². The summed E-state index contributed by atoms with van der Waals surface area (Å²) >= 11 is 1.42. The summed E-state index contributed by atoms with van der Waals surface area (Å²) in [6.45, 7) is 0.501. The molecule has 0 aliphatic heterocycles. The van der Waals surface area contributed by atoms with Gasteiger partial charge in [-0.05, 0) is 41.5 Å². The molecule has 3 aromatic carbocycles. The Morgan fingerprint density at radius 3 is 2.45 bits per heavy atom. The molecule has 31 heavy (non-hydrogen) atoms. The van der Waals surface area contributed by atoms with Crippen molar-refractivity contribution < 1.29 is 9.53 Å². The highest BCUT2D eigenvalue weighted by Crippen LogP contribution is 2.22. The average molecular weight is 435 g/mol. The maximum absolute atomic E-state index is 12.5. The lowest BCUT2D eigenvalue weighted by Crippen LogP contribution is -2.21. The molecule has 0 fully saturated rings. The summed E-state index contributed by atoms with van der Waals surface area (Å²) in [5, 5.41) is 11.1. The van der Waals surface area contributed by atoms with Gasteiger partial charge < -0.3 is 20.1 Å². The SMILES string of the molecule is CSN(C)C(=N)c1cc(NC(=O)Cc2ccc(OCc3ccccc3)cc2)ccc1N. The van der Waals surface area contributed by atoms with Gasteiger partial charge in [0.1, 0.15) is 18.2 Å². The van der Waals surface area contributed by atoms with Crippen molar-refractivity contribution >= 4 is 35.1 Å². The molecule has 4 N–H and O–H groups in total. The largest absolute Gasteiger partial charge is 0.489 e. The molecule has 1 amide bonds. The van der Waals surface area contributed by atoms with E-state index in [9.17, 15) is 4.79 Å². The van der Waals surface area contributed by atoms with Gasteiger partial charge in [0.15, 0.2) is 0 Å². The summed E-state index contributed by atoms with van der Waals surface area (Å²) in [6.07, 6.45) is 2.12. The van der Waals surface area contributed by atoms with Gasteiger partial charge in [-0.2, -0.15) is 0 Å². The van der Waals surface area contributed by atoms with Crippen molar-refractivity contribution in [1.29, 1.82) is 5.41 Å². The second kappa shape index (κ2) is 10.5. The zero-order chi connectivity index (χ0) is 22.2. The van der Waals surface area contributed by atoms with Crippen LogP contribution < -0.4 is 15.8 Å². The number of nitrogens with one attached hydrogen (secondary N) is 2. The van der Waals surface area contributed by atoms with Gasteiger partial charge in [-0.25, -0.2) is 0 Å². The number of nitrogens with two attached hydrogens (primary N) is 1. The van der Waals surface area contributed by atoms with E-state index in [0.717, 1.165) is 16.9 Å². The van der Waals surface area contributed by atoms with Crippen molar-refractivity contribution in [2.45, 2.75) is 13.0 Å². The van der Waals surface area contributed by atoms with Gasteiger partial charge in [-0.3, -0.25) is 10.2 Å². The van der Waals surface area contributed by atoms with Crippen LogP contribution in [-0.4, -0.2) is 29.4 Å². The Kier molecular flexibility index (Phi) is 7.56. The molecule has 0 atom stereocenters. The summed E-state index contributed by atoms with van der Waals surface area (Å²) in [6, 6.07) is 22.6. The Hall–Kier alpha value is -3.45. The zero-order valence-electron chi connectivity index (χ0n) is 17.6. The number of carbonyl (C=O) groups excluding carboxylic acids is 1. The lowest BCUT2D eigenvalue weighted by molar-refractivity contribution is -0.115.